The lowest BCUT2D eigenvalue weighted by atomic mass is 10.1. The van der Waals surface area contributed by atoms with E-state index in [4.69, 9.17) is 18.9 Å². The van der Waals surface area contributed by atoms with E-state index in [0.29, 0.717) is 30.3 Å². The molecule has 1 atom stereocenters. The molecule has 0 bridgehead atoms. The second kappa shape index (κ2) is 9.33. The molecule has 6 heteroatoms. The van der Waals surface area contributed by atoms with Crippen molar-refractivity contribution in [3.63, 3.8) is 0 Å². The van der Waals surface area contributed by atoms with Crippen LogP contribution in [0, 0.1) is 0 Å². The third kappa shape index (κ3) is 6.12. The van der Waals surface area contributed by atoms with Crippen molar-refractivity contribution in [2.75, 3.05) is 40.6 Å². The molecule has 1 aromatic rings. The molecule has 0 amide bonds. The van der Waals surface area contributed by atoms with Gasteiger partial charge in [-0.3, -0.25) is 4.79 Å². The lowest BCUT2D eigenvalue weighted by Crippen LogP contribution is -2.24. The van der Waals surface area contributed by atoms with Gasteiger partial charge in [-0.25, -0.2) is 0 Å². The minimum Gasteiger partial charge on any atom is -0.493 e. The number of carbonyl (C=O) groups excluding carboxylic acids is 1. The quantitative estimate of drug-likeness (QED) is 0.518. The first-order chi connectivity index (χ1) is 10.1. The van der Waals surface area contributed by atoms with Crippen molar-refractivity contribution >= 4 is 5.78 Å². The molecule has 21 heavy (non-hydrogen) atoms. The largest absolute Gasteiger partial charge is 0.493 e. The number of hydrogen-bond acceptors (Lipinski definition) is 6. The van der Waals surface area contributed by atoms with Crippen LogP contribution in [0.4, 0.5) is 0 Å². The molecule has 1 unspecified atom stereocenters. The first-order valence-corrected chi connectivity index (χ1v) is 6.65. The molecule has 0 spiro atoms. The van der Waals surface area contributed by atoms with Crippen molar-refractivity contribution < 1.29 is 28.8 Å². The molecule has 1 rings (SSSR count). The van der Waals surface area contributed by atoms with E-state index in [0.717, 1.165) is 0 Å². The van der Waals surface area contributed by atoms with Gasteiger partial charge in [0.15, 0.2) is 17.3 Å². The highest BCUT2D eigenvalue weighted by molar-refractivity contribution is 5.94. The second-order valence-electron chi connectivity index (χ2n) is 4.45. The second-order valence-corrected chi connectivity index (χ2v) is 4.45. The van der Waals surface area contributed by atoms with E-state index in [1.54, 1.807) is 25.3 Å². The number of rotatable bonds is 10. The molecule has 0 saturated carbocycles. The molecule has 0 radical (unpaired) electrons. The van der Waals surface area contributed by atoms with Gasteiger partial charge < -0.3 is 24.1 Å². The Labute approximate surface area is 124 Å². The van der Waals surface area contributed by atoms with Crippen molar-refractivity contribution in [3.05, 3.63) is 23.8 Å². The average Bonchev–Trinajstić information content (AvgIpc) is 2.49. The minimum absolute atomic E-state index is 0.0496. The Hall–Kier alpha value is -1.63. The van der Waals surface area contributed by atoms with Gasteiger partial charge in [0.25, 0.3) is 0 Å². The predicted octanol–water partition coefficient (Wildman–Crippen LogP) is 1.30. The molecule has 1 N–H and O–H groups in total. The van der Waals surface area contributed by atoms with Crippen LogP contribution >= 0.6 is 0 Å². The Balaban J connectivity index is 2.49. The van der Waals surface area contributed by atoms with Crippen LogP contribution < -0.4 is 9.47 Å². The third-order valence-electron chi connectivity index (χ3n) is 2.74. The highest BCUT2D eigenvalue weighted by Crippen LogP contribution is 2.28. The van der Waals surface area contributed by atoms with Gasteiger partial charge in [0, 0.05) is 12.7 Å². The summed E-state index contributed by atoms with van der Waals surface area (Å²) in [6.07, 6.45) is -0.751. The van der Waals surface area contributed by atoms with Crippen molar-refractivity contribution in [2.45, 2.75) is 13.0 Å². The first-order valence-electron chi connectivity index (χ1n) is 6.65. The average molecular weight is 298 g/mol. The van der Waals surface area contributed by atoms with E-state index in [1.807, 2.05) is 0 Å². The van der Waals surface area contributed by atoms with Crippen molar-refractivity contribution in [1.29, 1.82) is 0 Å². The fourth-order valence-corrected chi connectivity index (χ4v) is 1.60. The normalized spacial score (nSPS) is 12.0. The van der Waals surface area contributed by atoms with Gasteiger partial charge in [-0.15, -0.1) is 0 Å². The Morgan fingerprint density at radius 1 is 1.19 bits per heavy atom. The number of methoxy groups -OCH3 is 2. The van der Waals surface area contributed by atoms with Crippen LogP contribution in [0.5, 0.6) is 11.5 Å². The zero-order valence-corrected chi connectivity index (χ0v) is 12.6. The Morgan fingerprint density at radius 3 is 2.57 bits per heavy atom. The molecule has 0 aliphatic heterocycles. The summed E-state index contributed by atoms with van der Waals surface area (Å²) in [5.74, 6) is 0.875. The zero-order valence-electron chi connectivity index (χ0n) is 12.6. The fraction of sp³-hybridized carbons (Fsp3) is 0.533. The molecular weight excluding hydrogens is 276 g/mol. The van der Waals surface area contributed by atoms with Crippen molar-refractivity contribution in [2.24, 2.45) is 0 Å². The smallest absolute Gasteiger partial charge is 0.161 e. The number of hydrogen-bond donors (Lipinski definition) is 1. The van der Waals surface area contributed by atoms with Crippen LogP contribution in [0.15, 0.2) is 18.2 Å². The molecule has 0 saturated heterocycles. The highest BCUT2D eigenvalue weighted by Gasteiger charge is 2.11. The summed E-state index contributed by atoms with van der Waals surface area (Å²) >= 11 is 0. The number of benzene rings is 1. The number of ketones is 1. The number of Topliss-reactive ketones (excluding diaryl/α,β-unsaturated/α-hetero) is 1. The van der Waals surface area contributed by atoms with Crippen LogP contribution in [-0.4, -0.2) is 57.6 Å². The number of carbonyl (C=O) groups is 1. The van der Waals surface area contributed by atoms with Crippen molar-refractivity contribution in [3.8, 4) is 11.5 Å². The standard InChI is InChI=1S/C15H22O6/c1-11(16)12-4-5-14(15(8-12)19-3)21-10-13(17)9-20-7-6-18-2/h4-5,8,13,17H,6-7,9-10H2,1-3H3. The molecule has 0 aromatic heterocycles. The van der Waals surface area contributed by atoms with Gasteiger partial charge >= 0.3 is 0 Å². The van der Waals surface area contributed by atoms with Crippen molar-refractivity contribution in [1.82, 2.24) is 0 Å². The third-order valence-corrected chi connectivity index (χ3v) is 2.74. The fourth-order valence-electron chi connectivity index (χ4n) is 1.60. The van der Waals surface area contributed by atoms with Gasteiger partial charge in [0.1, 0.15) is 12.7 Å². The van der Waals surface area contributed by atoms with Gasteiger partial charge in [0.05, 0.1) is 26.9 Å². The Morgan fingerprint density at radius 2 is 1.95 bits per heavy atom. The topological polar surface area (TPSA) is 74.2 Å². The highest BCUT2D eigenvalue weighted by atomic mass is 16.5. The maximum atomic E-state index is 11.3. The van der Waals surface area contributed by atoms with Crippen LogP contribution in [-0.2, 0) is 9.47 Å². The van der Waals surface area contributed by atoms with E-state index >= 15 is 0 Å². The zero-order chi connectivity index (χ0) is 15.7. The van der Waals surface area contributed by atoms with Crippen LogP contribution in [0.2, 0.25) is 0 Å². The lowest BCUT2D eigenvalue weighted by Gasteiger charge is -2.15. The summed E-state index contributed by atoms with van der Waals surface area (Å²) in [4.78, 5) is 11.3. The monoisotopic (exact) mass is 298 g/mol. The number of aliphatic hydroxyl groups excluding tert-OH is 1. The molecule has 6 nitrogen and oxygen atoms in total. The minimum atomic E-state index is -0.751. The summed E-state index contributed by atoms with van der Waals surface area (Å²) in [5.41, 5.74) is 0.544. The predicted molar refractivity (Wildman–Crippen MR) is 77.2 cm³/mol. The van der Waals surface area contributed by atoms with Crippen LogP contribution in [0.1, 0.15) is 17.3 Å². The molecule has 0 fully saturated rings. The Bertz CT molecular complexity index is 446. The number of ether oxygens (including phenoxy) is 4. The van der Waals surface area contributed by atoms with E-state index in [-0.39, 0.29) is 19.0 Å². The maximum absolute atomic E-state index is 11.3. The number of aliphatic hydroxyl groups is 1. The maximum Gasteiger partial charge on any atom is 0.161 e. The summed E-state index contributed by atoms with van der Waals surface area (Å²) in [7, 11) is 3.08. The van der Waals surface area contributed by atoms with E-state index in [2.05, 4.69) is 0 Å². The van der Waals surface area contributed by atoms with Crippen LogP contribution in [0.3, 0.4) is 0 Å². The van der Waals surface area contributed by atoms with Gasteiger partial charge in [-0.2, -0.15) is 0 Å². The van der Waals surface area contributed by atoms with E-state index in [9.17, 15) is 9.90 Å². The summed E-state index contributed by atoms with van der Waals surface area (Å²) < 4.78 is 20.7. The molecule has 1 aromatic carbocycles. The first kappa shape index (κ1) is 17.4. The SMILES string of the molecule is COCCOCC(O)COc1ccc(C(C)=O)cc1OC. The van der Waals surface area contributed by atoms with E-state index in [1.165, 1.54) is 14.0 Å². The summed E-state index contributed by atoms with van der Waals surface area (Å²) in [5, 5.41) is 9.73. The molecule has 0 heterocycles. The Kier molecular flexibility index (Phi) is 7.74. The van der Waals surface area contributed by atoms with Gasteiger partial charge in [0.2, 0.25) is 0 Å². The summed E-state index contributed by atoms with van der Waals surface area (Å²) in [6, 6.07) is 4.91. The lowest BCUT2D eigenvalue weighted by molar-refractivity contribution is -0.00450. The van der Waals surface area contributed by atoms with Gasteiger partial charge in [-0.05, 0) is 25.1 Å². The van der Waals surface area contributed by atoms with Gasteiger partial charge in [-0.1, -0.05) is 0 Å². The molecule has 0 aliphatic carbocycles. The molecule has 118 valence electrons. The van der Waals surface area contributed by atoms with Crippen LogP contribution in [0.25, 0.3) is 0 Å². The van der Waals surface area contributed by atoms with E-state index < -0.39 is 6.10 Å². The molecule has 0 aliphatic rings. The summed E-state index contributed by atoms with van der Waals surface area (Å²) in [6.45, 7) is 2.62. The molecular formula is C15H22O6.